The molecule has 0 bridgehead atoms. The Kier molecular flexibility index (Phi) is 4.51. The number of nitrogens with zero attached hydrogens (tertiary/aromatic N) is 2. The van der Waals surface area contributed by atoms with E-state index in [1.807, 2.05) is 4.90 Å². The quantitative estimate of drug-likeness (QED) is 0.482. The third kappa shape index (κ3) is 2.98. The first-order valence-electron chi connectivity index (χ1n) is 8.20. The molecule has 128 valence electrons. The van der Waals surface area contributed by atoms with Crippen LogP contribution in [0.4, 0.5) is 5.69 Å². The van der Waals surface area contributed by atoms with Crippen molar-refractivity contribution in [3.05, 3.63) is 39.4 Å². The molecule has 24 heavy (non-hydrogen) atoms. The molecule has 7 nitrogen and oxygen atoms in total. The zero-order valence-corrected chi connectivity index (χ0v) is 13.6. The molecule has 1 saturated heterocycles. The van der Waals surface area contributed by atoms with Gasteiger partial charge in [-0.15, -0.1) is 0 Å². The van der Waals surface area contributed by atoms with Crippen LogP contribution in [-0.4, -0.2) is 41.4 Å². The van der Waals surface area contributed by atoms with Crippen LogP contribution in [0.3, 0.4) is 0 Å². The smallest absolute Gasteiger partial charge is 0.338 e. The molecule has 1 aliphatic heterocycles. The van der Waals surface area contributed by atoms with E-state index in [0.29, 0.717) is 12.5 Å². The fraction of sp³-hybridized carbons (Fsp3) is 0.529. The summed E-state index contributed by atoms with van der Waals surface area (Å²) < 4.78 is 4.63. The predicted molar refractivity (Wildman–Crippen MR) is 85.8 cm³/mol. The molecule has 1 amide bonds. The SMILES string of the molecule is COC(=O)c1cc(C(=O)N2CCC3CCCCC32)cc([N+](=O)[O-])c1. The molecule has 2 unspecified atom stereocenters. The van der Waals surface area contributed by atoms with E-state index >= 15 is 0 Å². The summed E-state index contributed by atoms with van der Waals surface area (Å²) in [5.74, 6) is -0.399. The number of amides is 1. The fourth-order valence-electron chi connectivity index (χ4n) is 3.90. The third-order valence-electron chi connectivity index (χ3n) is 5.07. The van der Waals surface area contributed by atoms with Crippen LogP contribution in [0.1, 0.15) is 52.8 Å². The molecular formula is C17H20N2O5. The zero-order valence-electron chi connectivity index (χ0n) is 13.6. The van der Waals surface area contributed by atoms with Gasteiger partial charge in [0.2, 0.25) is 0 Å². The van der Waals surface area contributed by atoms with Crippen LogP contribution in [0.25, 0.3) is 0 Å². The first-order valence-corrected chi connectivity index (χ1v) is 8.20. The Bertz CT molecular complexity index is 688. The Labute approximate surface area is 139 Å². The highest BCUT2D eigenvalue weighted by Gasteiger charge is 2.38. The minimum Gasteiger partial charge on any atom is -0.465 e. The lowest BCUT2D eigenvalue weighted by Gasteiger charge is -2.31. The molecule has 1 aliphatic carbocycles. The Morgan fingerprint density at radius 2 is 1.88 bits per heavy atom. The highest BCUT2D eigenvalue weighted by atomic mass is 16.6. The zero-order chi connectivity index (χ0) is 17.3. The number of carbonyl (C=O) groups excluding carboxylic acids is 2. The van der Waals surface area contributed by atoms with Gasteiger partial charge in [-0.2, -0.15) is 0 Å². The third-order valence-corrected chi connectivity index (χ3v) is 5.07. The van der Waals surface area contributed by atoms with Gasteiger partial charge in [-0.25, -0.2) is 4.79 Å². The van der Waals surface area contributed by atoms with E-state index in [-0.39, 0.29) is 28.8 Å². The van der Waals surface area contributed by atoms with Crippen molar-refractivity contribution in [3.63, 3.8) is 0 Å². The van der Waals surface area contributed by atoms with Crippen molar-refractivity contribution in [2.24, 2.45) is 5.92 Å². The Morgan fingerprint density at radius 1 is 1.17 bits per heavy atom. The standard InChI is InChI=1S/C17H20N2O5/c1-24-17(21)13-8-12(9-14(10-13)19(22)23)16(20)18-7-6-11-4-2-3-5-15(11)18/h8-11,15H,2-7H2,1H3. The molecule has 1 aromatic carbocycles. The summed E-state index contributed by atoms with van der Waals surface area (Å²) in [5, 5.41) is 11.1. The van der Waals surface area contributed by atoms with Gasteiger partial charge in [0.25, 0.3) is 11.6 Å². The molecule has 1 heterocycles. The second-order valence-corrected chi connectivity index (χ2v) is 6.42. The largest absolute Gasteiger partial charge is 0.465 e. The number of benzene rings is 1. The molecule has 0 radical (unpaired) electrons. The van der Waals surface area contributed by atoms with Gasteiger partial charge in [-0.05, 0) is 31.2 Å². The van der Waals surface area contributed by atoms with Crippen LogP contribution >= 0.6 is 0 Å². The first-order chi connectivity index (χ1) is 11.5. The molecule has 0 N–H and O–H groups in total. The first kappa shape index (κ1) is 16.4. The van der Waals surface area contributed by atoms with Crippen LogP contribution in [-0.2, 0) is 4.74 Å². The lowest BCUT2D eigenvalue weighted by molar-refractivity contribution is -0.384. The summed E-state index contributed by atoms with van der Waals surface area (Å²) in [7, 11) is 1.20. The van der Waals surface area contributed by atoms with Crippen molar-refractivity contribution in [3.8, 4) is 0 Å². The summed E-state index contributed by atoms with van der Waals surface area (Å²) >= 11 is 0. The van der Waals surface area contributed by atoms with E-state index < -0.39 is 10.9 Å². The van der Waals surface area contributed by atoms with E-state index in [1.165, 1.54) is 25.7 Å². The Morgan fingerprint density at radius 3 is 2.58 bits per heavy atom. The van der Waals surface area contributed by atoms with Gasteiger partial charge >= 0.3 is 5.97 Å². The van der Waals surface area contributed by atoms with E-state index in [0.717, 1.165) is 31.7 Å². The predicted octanol–water partition coefficient (Wildman–Crippen LogP) is 2.79. The van der Waals surface area contributed by atoms with Gasteiger partial charge in [0.15, 0.2) is 0 Å². The molecule has 7 heteroatoms. The van der Waals surface area contributed by atoms with E-state index in [1.54, 1.807) is 0 Å². The van der Waals surface area contributed by atoms with Crippen LogP contribution in [0.5, 0.6) is 0 Å². The number of ether oxygens (including phenoxy) is 1. The van der Waals surface area contributed by atoms with Crippen molar-refractivity contribution < 1.29 is 19.2 Å². The maximum absolute atomic E-state index is 12.9. The topological polar surface area (TPSA) is 89.8 Å². The number of nitro groups is 1. The monoisotopic (exact) mass is 332 g/mol. The van der Waals surface area contributed by atoms with Gasteiger partial charge in [0.05, 0.1) is 17.6 Å². The number of hydrogen-bond acceptors (Lipinski definition) is 5. The van der Waals surface area contributed by atoms with E-state index in [4.69, 9.17) is 0 Å². The van der Waals surface area contributed by atoms with Crippen molar-refractivity contribution in [1.29, 1.82) is 0 Å². The van der Waals surface area contributed by atoms with E-state index in [2.05, 4.69) is 4.74 Å². The number of fused-ring (bicyclic) bond motifs is 1. The molecule has 1 saturated carbocycles. The average Bonchev–Trinajstić information content (AvgIpc) is 3.04. The van der Waals surface area contributed by atoms with Crippen molar-refractivity contribution in [2.45, 2.75) is 38.1 Å². The molecule has 2 aliphatic rings. The summed E-state index contributed by atoms with van der Waals surface area (Å²) in [6.07, 6.45) is 5.40. The molecule has 1 aromatic rings. The second-order valence-electron chi connectivity index (χ2n) is 6.42. The molecule has 3 rings (SSSR count). The maximum Gasteiger partial charge on any atom is 0.338 e. The summed E-state index contributed by atoms with van der Waals surface area (Å²) in [4.78, 5) is 37.0. The summed E-state index contributed by atoms with van der Waals surface area (Å²) in [5.41, 5.74) is -0.0779. The van der Waals surface area contributed by atoms with Crippen LogP contribution in [0.15, 0.2) is 18.2 Å². The molecule has 0 aromatic heterocycles. The van der Waals surface area contributed by atoms with Crippen molar-refractivity contribution in [1.82, 2.24) is 4.90 Å². The summed E-state index contributed by atoms with van der Waals surface area (Å²) in [6, 6.07) is 3.98. The van der Waals surface area contributed by atoms with Crippen molar-refractivity contribution >= 4 is 17.6 Å². The summed E-state index contributed by atoms with van der Waals surface area (Å²) in [6.45, 7) is 0.671. The lowest BCUT2D eigenvalue weighted by Crippen LogP contribution is -2.39. The molecule has 2 fully saturated rings. The lowest BCUT2D eigenvalue weighted by atomic mass is 9.85. The number of esters is 1. The number of nitro benzene ring substituents is 1. The van der Waals surface area contributed by atoms with Gasteiger partial charge in [-0.3, -0.25) is 14.9 Å². The Hall–Kier alpha value is -2.44. The van der Waals surface area contributed by atoms with Gasteiger partial charge in [0, 0.05) is 30.3 Å². The van der Waals surface area contributed by atoms with Crippen LogP contribution in [0, 0.1) is 16.0 Å². The fourth-order valence-corrected chi connectivity index (χ4v) is 3.90. The average molecular weight is 332 g/mol. The number of carbonyl (C=O) groups is 2. The minimum absolute atomic E-state index is 0.0226. The van der Waals surface area contributed by atoms with E-state index in [9.17, 15) is 19.7 Å². The number of hydrogen-bond donors (Lipinski definition) is 0. The van der Waals surface area contributed by atoms with Gasteiger partial charge in [0.1, 0.15) is 0 Å². The maximum atomic E-state index is 12.9. The molecular weight excluding hydrogens is 312 g/mol. The number of rotatable bonds is 3. The normalized spacial score (nSPS) is 22.8. The second kappa shape index (κ2) is 6.59. The van der Waals surface area contributed by atoms with Gasteiger partial charge < -0.3 is 9.64 Å². The Balaban J connectivity index is 1.92. The van der Waals surface area contributed by atoms with Crippen molar-refractivity contribution in [2.75, 3.05) is 13.7 Å². The number of likely N-dealkylation sites (tertiary alicyclic amines) is 1. The van der Waals surface area contributed by atoms with Gasteiger partial charge in [-0.1, -0.05) is 12.8 Å². The molecule has 0 spiro atoms. The number of non-ortho nitro benzene ring substituents is 1. The number of methoxy groups -OCH3 is 1. The highest BCUT2D eigenvalue weighted by Crippen LogP contribution is 2.37. The minimum atomic E-state index is -0.690. The van der Waals surface area contributed by atoms with Crippen LogP contribution in [0.2, 0.25) is 0 Å². The van der Waals surface area contributed by atoms with Crippen LogP contribution < -0.4 is 0 Å². The molecule has 2 atom stereocenters. The highest BCUT2D eigenvalue weighted by molar-refractivity contribution is 5.99.